The standard InChI is InChI=1S/C22H39N7O10S/c1-8(2)15(28-17(33)9(3)25-18(34)11(23)7-40)20(36)29-16(10(4)31)21(37)27-13(6-30)19(35)26-12(22(38)39)5-14(24)32/h8-13,15-16,30-31,40H,5-7,23H2,1-4H3,(H2,24,32)(H,25,34)(H,26,35)(H,27,37)(H,28,33)(H,29,36)(H,38,39)/t9-,10+,11-,12-,13-,15-,16-/m0/s1. The first-order valence-electron chi connectivity index (χ1n) is 12.1. The molecule has 12 N–H and O–H groups in total. The highest BCUT2D eigenvalue weighted by atomic mass is 32.1. The molecule has 0 spiro atoms. The molecule has 0 heterocycles. The maximum atomic E-state index is 13.0. The van der Waals surface area contributed by atoms with Gasteiger partial charge in [0.15, 0.2) is 0 Å². The van der Waals surface area contributed by atoms with Crippen LogP contribution in [-0.4, -0.2) is 111 Å². The molecule has 0 radical (unpaired) electrons. The molecule has 0 fully saturated rings. The second-order valence-corrected chi connectivity index (χ2v) is 9.66. The third-order valence-electron chi connectivity index (χ3n) is 5.43. The lowest BCUT2D eigenvalue weighted by Gasteiger charge is -2.28. The van der Waals surface area contributed by atoms with Crippen LogP contribution >= 0.6 is 12.6 Å². The molecule has 7 atom stereocenters. The van der Waals surface area contributed by atoms with Crippen molar-refractivity contribution in [1.29, 1.82) is 0 Å². The Bertz CT molecular complexity index is 949. The van der Waals surface area contributed by atoms with E-state index in [0.717, 1.165) is 6.92 Å². The van der Waals surface area contributed by atoms with E-state index >= 15 is 0 Å². The number of nitrogens with one attached hydrogen (secondary N) is 5. The van der Waals surface area contributed by atoms with Gasteiger partial charge in [0.25, 0.3) is 0 Å². The number of nitrogens with two attached hydrogens (primary N) is 2. The Morgan fingerprint density at radius 3 is 1.68 bits per heavy atom. The van der Waals surface area contributed by atoms with Crippen molar-refractivity contribution in [3.05, 3.63) is 0 Å². The van der Waals surface area contributed by atoms with E-state index in [0.29, 0.717) is 0 Å². The van der Waals surface area contributed by atoms with Crippen LogP contribution in [0.5, 0.6) is 0 Å². The minimum atomic E-state index is -1.74. The number of carbonyl (C=O) groups is 7. The number of aliphatic hydroxyl groups excluding tert-OH is 2. The van der Waals surface area contributed by atoms with Gasteiger partial charge >= 0.3 is 5.97 Å². The minimum absolute atomic E-state index is 0.0340. The fraction of sp³-hybridized carbons (Fsp3) is 0.682. The summed E-state index contributed by atoms with van der Waals surface area (Å²) in [5.41, 5.74) is 10.5. The number of carbonyl (C=O) groups excluding carboxylic acids is 6. The van der Waals surface area contributed by atoms with Crippen LogP contribution in [0, 0.1) is 5.92 Å². The number of carboxylic acid groups (broad SMARTS) is 1. The highest BCUT2D eigenvalue weighted by molar-refractivity contribution is 7.80. The molecular formula is C22H39N7O10S. The molecule has 18 heteroatoms. The largest absolute Gasteiger partial charge is 0.480 e. The number of rotatable bonds is 17. The highest BCUT2D eigenvalue weighted by Gasteiger charge is 2.34. The maximum absolute atomic E-state index is 13.0. The fourth-order valence-electron chi connectivity index (χ4n) is 3.06. The van der Waals surface area contributed by atoms with E-state index in [-0.39, 0.29) is 5.75 Å². The van der Waals surface area contributed by atoms with Crippen molar-refractivity contribution in [2.45, 2.75) is 76.5 Å². The van der Waals surface area contributed by atoms with Gasteiger partial charge in [-0.2, -0.15) is 12.6 Å². The first-order valence-corrected chi connectivity index (χ1v) is 12.8. The van der Waals surface area contributed by atoms with Crippen LogP contribution in [0.3, 0.4) is 0 Å². The summed E-state index contributed by atoms with van der Waals surface area (Å²) in [7, 11) is 0. The zero-order chi connectivity index (χ0) is 31.3. The summed E-state index contributed by atoms with van der Waals surface area (Å²) < 4.78 is 0. The molecule has 0 aromatic carbocycles. The van der Waals surface area contributed by atoms with Crippen LogP contribution in [0.1, 0.15) is 34.1 Å². The molecule has 6 amide bonds. The number of thiol groups is 1. The zero-order valence-electron chi connectivity index (χ0n) is 22.5. The summed E-state index contributed by atoms with van der Waals surface area (Å²) in [6.07, 6.45) is -2.29. The van der Waals surface area contributed by atoms with Gasteiger partial charge < -0.3 is 53.4 Å². The van der Waals surface area contributed by atoms with E-state index in [1.165, 1.54) is 6.92 Å². The van der Waals surface area contributed by atoms with E-state index < -0.39 is 103 Å². The van der Waals surface area contributed by atoms with Crippen molar-refractivity contribution in [3.8, 4) is 0 Å². The first kappa shape index (κ1) is 36.5. The van der Waals surface area contributed by atoms with Crippen LogP contribution in [0.15, 0.2) is 0 Å². The van der Waals surface area contributed by atoms with Crippen molar-refractivity contribution in [2.24, 2.45) is 17.4 Å². The van der Waals surface area contributed by atoms with Gasteiger partial charge in [0.1, 0.15) is 30.2 Å². The predicted octanol–water partition coefficient (Wildman–Crippen LogP) is -5.32. The summed E-state index contributed by atoms with van der Waals surface area (Å²) in [6.45, 7) is 4.67. The van der Waals surface area contributed by atoms with Crippen LogP contribution in [0.2, 0.25) is 0 Å². The molecule has 0 aliphatic heterocycles. The van der Waals surface area contributed by atoms with Gasteiger partial charge in [-0.1, -0.05) is 13.8 Å². The van der Waals surface area contributed by atoms with Gasteiger partial charge in [-0.25, -0.2) is 4.79 Å². The van der Waals surface area contributed by atoms with Crippen molar-refractivity contribution in [3.63, 3.8) is 0 Å². The van der Waals surface area contributed by atoms with Crippen LogP contribution in [-0.2, 0) is 33.6 Å². The second-order valence-electron chi connectivity index (χ2n) is 9.29. The van der Waals surface area contributed by atoms with Gasteiger partial charge in [-0.15, -0.1) is 0 Å². The molecule has 0 aliphatic carbocycles. The van der Waals surface area contributed by atoms with E-state index in [1.807, 2.05) is 5.32 Å². The Hall–Kier alpha value is -3.48. The lowest BCUT2D eigenvalue weighted by molar-refractivity contribution is -0.144. The summed E-state index contributed by atoms with van der Waals surface area (Å²) in [6, 6.07) is -8.43. The Kier molecular flexibility index (Phi) is 15.8. The molecule has 0 aliphatic rings. The van der Waals surface area contributed by atoms with Crippen LogP contribution < -0.4 is 38.1 Å². The molecule has 0 unspecified atom stereocenters. The molecule has 0 rings (SSSR count). The molecule has 0 saturated heterocycles. The SMILES string of the molecule is CC(C)[C@H](NC(=O)[C@H](C)NC(=O)[C@@H](N)CS)C(=O)N[C@H](C(=O)N[C@@H](CO)C(=O)N[C@@H](CC(N)=O)C(=O)O)[C@@H](C)O. The van der Waals surface area contributed by atoms with Gasteiger partial charge in [-0.3, -0.25) is 28.8 Å². The number of hydrogen-bond donors (Lipinski definition) is 11. The average molecular weight is 594 g/mol. The quantitative estimate of drug-likeness (QED) is 0.0708. The van der Waals surface area contributed by atoms with Crippen molar-refractivity contribution in [2.75, 3.05) is 12.4 Å². The lowest BCUT2D eigenvalue weighted by Crippen LogP contribution is -2.62. The number of carboxylic acids is 1. The van der Waals surface area contributed by atoms with E-state index in [1.54, 1.807) is 13.8 Å². The summed E-state index contributed by atoms with van der Waals surface area (Å²) >= 11 is 3.91. The molecule has 0 aromatic rings. The highest BCUT2D eigenvalue weighted by Crippen LogP contribution is 2.05. The number of aliphatic hydroxyl groups is 2. The molecule has 40 heavy (non-hydrogen) atoms. The smallest absolute Gasteiger partial charge is 0.326 e. The van der Waals surface area contributed by atoms with Crippen molar-refractivity contribution >= 4 is 54.0 Å². The summed E-state index contributed by atoms with van der Waals surface area (Å²) in [5.74, 6) is -7.70. The Morgan fingerprint density at radius 1 is 0.750 bits per heavy atom. The predicted molar refractivity (Wildman–Crippen MR) is 142 cm³/mol. The fourth-order valence-corrected chi connectivity index (χ4v) is 3.23. The average Bonchev–Trinajstić information content (AvgIpc) is 2.86. The molecule has 228 valence electrons. The molecule has 0 aromatic heterocycles. The van der Waals surface area contributed by atoms with Crippen LogP contribution in [0.4, 0.5) is 0 Å². The topological polar surface area (TPSA) is 292 Å². The minimum Gasteiger partial charge on any atom is -0.480 e. The third-order valence-corrected chi connectivity index (χ3v) is 5.82. The summed E-state index contributed by atoms with van der Waals surface area (Å²) in [5, 5.41) is 39.9. The molecule has 17 nitrogen and oxygen atoms in total. The number of aliphatic carboxylic acids is 1. The van der Waals surface area contributed by atoms with Gasteiger partial charge in [0.05, 0.1) is 25.2 Å². The third kappa shape index (κ3) is 12.1. The van der Waals surface area contributed by atoms with Crippen LogP contribution in [0.25, 0.3) is 0 Å². The summed E-state index contributed by atoms with van der Waals surface area (Å²) in [4.78, 5) is 85.0. The van der Waals surface area contributed by atoms with E-state index in [4.69, 9.17) is 16.6 Å². The monoisotopic (exact) mass is 593 g/mol. The number of hydrogen-bond acceptors (Lipinski definition) is 11. The molecule has 0 bridgehead atoms. The Morgan fingerprint density at radius 2 is 1.25 bits per heavy atom. The van der Waals surface area contributed by atoms with Crippen molar-refractivity contribution < 1.29 is 48.9 Å². The second kappa shape index (κ2) is 17.3. The molecular weight excluding hydrogens is 554 g/mol. The number of amides is 6. The molecule has 0 saturated carbocycles. The normalized spacial score (nSPS) is 16.2. The van der Waals surface area contributed by atoms with Crippen molar-refractivity contribution in [1.82, 2.24) is 26.6 Å². The Labute approximate surface area is 236 Å². The van der Waals surface area contributed by atoms with E-state index in [9.17, 15) is 43.8 Å². The first-order chi connectivity index (χ1) is 18.5. The van der Waals surface area contributed by atoms with Gasteiger partial charge in [0.2, 0.25) is 35.4 Å². The maximum Gasteiger partial charge on any atom is 0.326 e. The zero-order valence-corrected chi connectivity index (χ0v) is 23.4. The Balaban J connectivity index is 5.52. The van der Waals surface area contributed by atoms with E-state index in [2.05, 4.69) is 33.9 Å². The van der Waals surface area contributed by atoms with Gasteiger partial charge in [-0.05, 0) is 19.8 Å². The number of primary amides is 1. The van der Waals surface area contributed by atoms with Gasteiger partial charge in [0, 0.05) is 5.75 Å². The lowest BCUT2D eigenvalue weighted by atomic mass is 10.0.